The first-order valence-electron chi connectivity index (χ1n) is 7.81. The SMILES string of the molecule is CC(=O)NC[C@@H]1C[C@@H](S)CN1S(=O)(=O)c1ccc2ccccc2c1. The molecule has 0 bridgehead atoms. The summed E-state index contributed by atoms with van der Waals surface area (Å²) in [6, 6.07) is 12.5. The number of hydrogen-bond acceptors (Lipinski definition) is 4. The number of rotatable bonds is 4. The maximum Gasteiger partial charge on any atom is 0.243 e. The van der Waals surface area contributed by atoms with Crippen molar-refractivity contribution in [1.82, 2.24) is 9.62 Å². The topological polar surface area (TPSA) is 66.5 Å². The number of fused-ring (bicyclic) bond motifs is 1. The molecule has 1 fully saturated rings. The van der Waals surface area contributed by atoms with Crippen molar-refractivity contribution in [3.8, 4) is 0 Å². The molecule has 24 heavy (non-hydrogen) atoms. The van der Waals surface area contributed by atoms with Crippen molar-refractivity contribution < 1.29 is 13.2 Å². The highest BCUT2D eigenvalue weighted by molar-refractivity contribution is 7.89. The van der Waals surface area contributed by atoms with E-state index < -0.39 is 10.0 Å². The van der Waals surface area contributed by atoms with Crippen molar-refractivity contribution >= 4 is 39.3 Å². The average Bonchev–Trinajstić information content (AvgIpc) is 2.94. The van der Waals surface area contributed by atoms with Crippen LogP contribution in [0.15, 0.2) is 47.4 Å². The number of nitrogens with one attached hydrogen (secondary N) is 1. The first-order valence-corrected chi connectivity index (χ1v) is 9.77. The van der Waals surface area contributed by atoms with Crippen LogP contribution in [0, 0.1) is 0 Å². The lowest BCUT2D eigenvalue weighted by molar-refractivity contribution is -0.119. The van der Waals surface area contributed by atoms with Gasteiger partial charge in [-0.1, -0.05) is 30.3 Å². The predicted molar refractivity (Wildman–Crippen MR) is 97.7 cm³/mol. The summed E-state index contributed by atoms with van der Waals surface area (Å²) in [5, 5.41) is 4.57. The molecule has 0 saturated carbocycles. The zero-order valence-electron chi connectivity index (χ0n) is 13.3. The predicted octanol–water partition coefficient (Wildman–Crippen LogP) is 2.04. The van der Waals surface area contributed by atoms with Gasteiger partial charge < -0.3 is 5.32 Å². The van der Waals surface area contributed by atoms with Crippen molar-refractivity contribution in [2.75, 3.05) is 13.1 Å². The molecule has 128 valence electrons. The van der Waals surface area contributed by atoms with Gasteiger partial charge in [-0.2, -0.15) is 16.9 Å². The van der Waals surface area contributed by atoms with E-state index in [1.54, 1.807) is 12.1 Å². The van der Waals surface area contributed by atoms with Gasteiger partial charge in [-0.05, 0) is 29.3 Å². The largest absolute Gasteiger partial charge is 0.355 e. The molecule has 0 spiro atoms. The lowest BCUT2D eigenvalue weighted by atomic mass is 10.1. The highest BCUT2D eigenvalue weighted by atomic mass is 32.2. The van der Waals surface area contributed by atoms with Gasteiger partial charge >= 0.3 is 0 Å². The average molecular weight is 364 g/mol. The molecule has 7 heteroatoms. The van der Waals surface area contributed by atoms with Crippen molar-refractivity contribution in [3.05, 3.63) is 42.5 Å². The third-order valence-electron chi connectivity index (χ3n) is 4.26. The van der Waals surface area contributed by atoms with Gasteiger partial charge in [-0.25, -0.2) is 8.42 Å². The maximum absolute atomic E-state index is 13.1. The Balaban J connectivity index is 1.93. The fourth-order valence-electron chi connectivity index (χ4n) is 3.07. The van der Waals surface area contributed by atoms with Crippen LogP contribution in [0.5, 0.6) is 0 Å². The number of sulfonamides is 1. The lowest BCUT2D eigenvalue weighted by Crippen LogP contribution is -2.42. The lowest BCUT2D eigenvalue weighted by Gasteiger charge is -2.24. The molecule has 1 amide bonds. The third kappa shape index (κ3) is 3.43. The van der Waals surface area contributed by atoms with Gasteiger partial charge in [0, 0.05) is 31.3 Å². The van der Waals surface area contributed by atoms with E-state index >= 15 is 0 Å². The minimum Gasteiger partial charge on any atom is -0.355 e. The highest BCUT2D eigenvalue weighted by Gasteiger charge is 2.39. The number of benzene rings is 2. The van der Waals surface area contributed by atoms with Gasteiger partial charge in [0.05, 0.1) is 4.90 Å². The Hall–Kier alpha value is -1.57. The van der Waals surface area contributed by atoms with Crippen LogP contribution in [0.1, 0.15) is 13.3 Å². The van der Waals surface area contributed by atoms with Gasteiger partial charge in [0.2, 0.25) is 15.9 Å². The monoisotopic (exact) mass is 364 g/mol. The van der Waals surface area contributed by atoms with Gasteiger partial charge in [0.15, 0.2) is 0 Å². The van der Waals surface area contributed by atoms with E-state index in [0.717, 1.165) is 10.8 Å². The van der Waals surface area contributed by atoms with E-state index in [0.29, 0.717) is 19.5 Å². The van der Waals surface area contributed by atoms with Crippen molar-refractivity contribution in [1.29, 1.82) is 0 Å². The quantitative estimate of drug-likeness (QED) is 0.816. The number of hydrogen-bond donors (Lipinski definition) is 2. The number of thiol groups is 1. The molecule has 0 aliphatic carbocycles. The summed E-state index contributed by atoms with van der Waals surface area (Å²) in [5.41, 5.74) is 0. The minimum absolute atomic E-state index is 0.0287. The van der Waals surface area contributed by atoms with Gasteiger partial charge in [0.1, 0.15) is 0 Å². The number of amides is 1. The molecule has 1 heterocycles. The van der Waals surface area contributed by atoms with E-state index in [-0.39, 0.29) is 22.1 Å². The zero-order chi connectivity index (χ0) is 17.3. The Bertz CT molecular complexity index is 867. The standard InChI is InChI=1S/C17H20N2O3S2/c1-12(20)18-10-15-9-16(23)11-19(15)24(21,22)17-7-6-13-4-2-3-5-14(13)8-17/h2-8,15-16,23H,9-11H2,1H3,(H,18,20)/t15-,16+/m0/s1. The molecule has 5 nitrogen and oxygen atoms in total. The smallest absolute Gasteiger partial charge is 0.243 e. The number of carbonyl (C=O) groups is 1. The number of carbonyl (C=O) groups excluding carboxylic acids is 1. The molecular formula is C17H20N2O3S2. The molecule has 0 radical (unpaired) electrons. The maximum atomic E-state index is 13.1. The van der Waals surface area contributed by atoms with Crippen LogP contribution in [0.25, 0.3) is 10.8 Å². The molecule has 1 aliphatic rings. The van der Waals surface area contributed by atoms with Gasteiger partial charge in [-0.15, -0.1) is 0 Å². The minimum atomic E-state index is -3.63. The molecule has 1 saturated heterocycles. The van der Waals surface area contributed by atoms with E-state index in [2.05, 4.69) is 17.9 Å². The summed E-state index contributed by atoms with van der Waals surface area (Å²) in [5.74, 6) is -0.166. The highest BCUT2D eigenvalue weighted by Crippen LogP contribution is 2.29. The molecule has 0 unspecified atom stereocenters. The van der Waals surface area contributed by atoms with E-state index in [4.69, 9.17) is 0 Å². The first-order chi connectivity index (χ1) is 11.4. The van der Waals surface area contributed by atoms with Crippen LogP contribution in [-0.4, -0.2) is 43.0 Å². The normalized spacial score (nSPS) is 21.9. The molecule has 3 rings (SSSR count). The summed E-state index contributed by atoms with van der Waals surface area (Å²) in [6.45, 7) is 2.08. The van der Waals surface area contributed by atoms with Crippen molar-refractivity contribution in [2.24, 2.45) is 0 Å². The Morgan fingerprint density at radius 2 is 1.96 bits per heavy atom. The third-order valence-corrected chi connectivity index (χ3v) is 6.54. The molecule has 2 aromatic carbocycles. The Kier molecular flexibility index (Phi) is 4.85. The molecule has 2 atom stereocenters. The molecule has 1 aliphatic heterocycles. The van der Waals surface area contributed by atoms with Crippen LogP contribution in [-0.2, 0) is 14.8 Å². The van der Waals surface area contributed by atoms with Crippen LogP contribution >= 0.6 is 12.6 Å². The second kappa shape index (κ2) is 6.74. The summed E-state index contributed by atoms with van der Waals surface area (Å²) in [4.78, 5) is 11.4. The molecule has 0 aromatic heterocycles. The summed E-state index contributed by atoms with van der Waals surface area (Å²) in [6.07, 6.45) is 0.621. The van der Waals surface area contributed by atoms with Crippen LogP contribution in [0.2, 0.25) is 0 Å². The molecular weight excluding hydrogens is 344 g/mol. The van der Waals surface area contributed by atoms with Gasteiger partial charge in [-0.3, -0.25) is 4.79 Å². The zero-order valence-corrected chi connectivity index (χ0v) is 15.1. The summed E-state index contributed by atoms with van der Waals surface area (Å²) >= 11 is 4.44. The Labute approximate surface area is 147 Å². The fraction of sp³-hybridized carbons (Fsp3) is 0.353. The second-order valence-electron chi connectivity index (χ2n) is 6.06. The molecule has 2 aromatic rings. The van der Waals surface area contributed by atoms with Gasteiger partial charge in [0.25, 0.3) is 0 Å². The van der Waals surface area contributed by atoms with E-state index in [1.165, 1.54) is 11.2 Å². The van der Waals surface area contributed by atoms with E-state index in [1.807, 2.05) is 30.3 Å². The second-order valence-corrected chi connectivity index (χ2v) is 8.68. The van der Waals surface area contributed by atoms with Crippen molar-refractivity contribution in [2.45, 2.75) is 29.5 Å². The van der Waals surface area contributed by atoms with Crippen LogP contribution in [0.3, 0.4) is 0 Å². The fourth-order valence-corrected chi connectivity index (χ4v) is 5.31. The van der Waals surface area contributed by atoms with Crippen LogP contribution in [0.4, 0.5) is 0 Å². The number of nitrogens with zero attached hydrogens (tertiary/aromatic N) is 1. The Morgan fingerprint density at radius 1 is 1.25 bits per heavy atom. The van der Waals surface area contributed by atoms with E-state index in [9.17, 15) is 13.2 Å². The summed E-state index contributed by atoms with van der Waals surface area (Å²) < 4.78 is 27.6. The first kappa shape index (κ1) is 17.3. The molecule has 1 N–H and O–H groups in total. The van der Waals surface area contributed by atoms with Crippen molar-refractivity contribution in [3.63, 3.8) is 0 Å². The van der Waals surface area contributed by atoms with Crippen LogP contribution < -0.4 is 5.32 Å². The Morgan fingerprint density at radius 3 is 2.67 bits per heavy atom. The summed E-state index contributed by atoms with van der Waals surface area (Å²) in [7, 11) is -3.63.